The van der Waals surface area contributed by atoms with Crippen molar-refractivity contribution in [1.82, 2.24) is 0 Å². The van der Waals surface area contributed by atoms with Crippen molar-refractivity contribution in [2.75, 3.05) is 20.3 Å². The van der Waals surface area contributed by atoms with Gasteiger partial charge in [0.25, 0.3) is 0 Å². The highest BCUT2D eigenvalue weighted by Gasteiger charge is 2.47. The maximum atomic E-state index is 10.9. The molecule has 17 heteroatoms. The molecule has 246 valence electrons. The monoisotopic (exact) mass is 641 g/mol. The van der Waals surface area contributed by atoms with Crippen LogP contribution in [0.4, 0.5) is 0 Å². The molecule has 2 aliphatic rings. The third kappa shape index (κ3) is 6.10. The van der Waals surface area contributed by atoms with Gasteiger partial charge >= 0.3 is 11.3 Å². The van der Waals surface area contributed by atoms with Gasteiger partial charge < -0.3 is 79.9 Å². The summed E-state index contributed by atoms with van der Waals surface area (Å²) in [7, 11) is 1.22. The summed E-state index contributed by atoms with van der Waals surface area (Å²) in [6.07, 6.45) is -16.3. The molecule has 45 heavy (non-hydrogen) atoms. The van der Waals surface area contributed by atoms with E-state index in [0.29, 0.717) is 0 Å². The lowest BCUT2D eigenvalue weighted by Gasteiger charge is -2.39. The zero-order valence-corrected chi connectivity index (χ0v) is 23.4. The molecular formula is C28H33O17+. The average molecular weight is 642 g/mol. The Labute approximate surface area is 253 Å². The molecule has 0 amide bonds. The molecular weight excluding hydrogens is 608 g/mol. The summed E-state index contributed by atoms with van der Waals surface area (Å²) in [4.78, 5) is 0. The van der Waals surface area contributed by atoms with E-state index in [4.69, 9.17) is 28.1 Å². The number of aromatic hydroxyl groups is 3. The van der Waals surface area contributed by atoms with Crippen LogP contribution in [0.1, 0.15) is 0 Å². The van der Waals surface area contributed by atoms with Crippen LogP contribution in [-0.4, -0.2) is 138 Å². The van der Waals surface area contributed by atoms with Crippen LogP contribution < -0.4 is 14.2 Å². The Bertz CT molecular complexity index is 1510. The second-order valence-electron chi connectivity index (χ2n) is 10.5. The Balaban J connectivity index is 1.59. The number of phenols is 3. The van der Waals surface area contributed by atoms with E-state index in [-0.39, 0.29) is 39.5 Å². The van der Waals surface area contributed by atoms with Crippen molar-refractivity contribution in [2.24, 2.45) is 0 Å². The second kappa shape index (κ2) is 12.9. The number of aliphatic hydroxyl groups is 8. The van der Waals surface area contributed by atoms with Crippen LogP contribution in [0.2, 0.25) is 0 Å². The molecule has 3 heterocycles. The van der Waals surface area contributed by atoms with Crippen molar-refractivity contribution in [3.8, 4) is 45.8 Å². The van der Waals surface area contributed by atoms with E-state index in [1.54, 1.807) is 0 Å². The highest BCUT2D eigenvalue weighted by atomic mass is 16.7. The molecule has 0 radical (unpaired) electrons. The molecule has 2 saturated heterocycles. The molecule has 0 spiro atoms. The Hall–Kier alpha value is -3.75. The van der Waals surface area contributed by atoms with Crippen LogP contribution in [-0.2, 0) is 9.47 Å². The number of fused-ring (bicyclic) bond motifs is 1. The van der Waals surface area contributed by atoms with Crippen LogP contribution in [0.25, 0.3) is 22.3 Å². The fraction of sp³-hybridized carbons (Fsp3) is 0.464. The van der Waals surface area contributed by atoms with Crippen LogP contribution in [0, 0.1) is 0 Å². The minimum atomic E-state index is -1.82. The Morgan fingerprint density at radius 1 is 0.667 bits per heavy atom. The van der Waals surface area contributed by atoms with Crippen molar-refractivity contribution in [1.29, 1.82) is 0 Å². The number of hydrogen-bond donors (Lipinski definition) is 11. The fourth-order valence-corrected chi connectivity index (χ4v) is 5.00. The number of phenolic OH excluding ortho intramolecular Hbond substituents is 3. The normalized spacial score (nSPS) is 31.9. The number of ether oxygens (including phenoxy) is 5. The van der Waals surface area contributed by atoms with Crippen LogP contribution in [0.15, 0.2) is 34.7 Å². The molecule has 1 aromatic heterocycles. The second-order valence-corrected chi connectivity index (χ2v) is 10.5. The van der Waals surface area contributed by atoms with Gasteiger partial charge in [0, 0.05) is 24.3 Å². The molecule has 2 fully saturated rings. The lowest BCUT2D eigenvalue weighted by Crippen LogP contribution is -2.60. The van der Waals surface area contributed by atoms with E-state index < -0.39 is 91.9 Å². The van der Waals surface area contributed by atoms with Gasteiger partial charge in [-0.25, -0.2) is 4.42 Å². The molecule has 2 aromatic carbocycles. The minimum Gasteiger partial charge on any atom is -0.507 e. The van der Waals surface area contributed by atoms with E-state index in [1.807, 2.05) is 0 Å². The van der Waals surface area contributed by atoms with Gasteiger partial charge in [0.2, 0.25) is 24.1 Å². The Kier molecular flexibility index (Phi) is 9.38. The number of rotatable bonds is 8. The number of methoxy groups -OCH3 is 1. The first-order chi connectivity index (χ1) is 21.4. The summed E-state index contributed by atoms with van der Waals surface area (Å²) in [5.41, 5.74) is -0.0688. The lowest BCUT2D eigenvalue weighted by atomic mass is 9.99. The predicted molar refractivity (Wildman–Crippen MR) is 146 cm³/mol. The van der Waals surface area contributed by atoms with Gasteiger partial charge in [-0.1, -0.05) is 0 Å². The van der Waals surface area contributed by atoms with E-state index >= 15 is 0 Å². The zero-order chi connectivity index (χ0) is 32.7. The third-order valence-electron chi connectivity index (χ3n) is 7.53. The zero-order valence-electron chi connectivity index (χ0n) is 23.4. The van der Waals surface area contributed by atoms with E-state index in [1.165, 1.54) is 25.3 Å². The smallest absolute Gasteiger partial charge is 0.402 e. The van der Waals surface area contributed by atoms with Gasteiger partial charge in [-0.2, -0.15) is 0 Å². The summed E-state index contributed by atoms with van der Waals surface area (Å²) in [6, 6.07) is 5.91. The molecule has 0 aliphatic carbocycles. The summed E-state index contributed by atoms with van der Waals surface area (Å²) < 4.78 is 33.3. The first-order valence-electron chi connectivity index (χ1n) is 13.6. The number of hydrogen-bond acceptors (Lipinski definition) is 16. The molecule has 10 atom stereocenters. The average Bonchev–Trinajstić information content (AvgIpc) is 3.02. The largest absolute Gasteiger partial charge is 0.507 e. The molecule has 4 unspecified atom stereocenters. The first-order valence-corrected chi connectivity index (χ1v) is 13.6. The SMILES string of the molecule is COc1cc(-c2[o+]c3cc(O[C@@H]4OC(CO)[C@@H](O)[C@H](O)C4O)cc(O)c3cc2O[C@@H]2OC(CO)[C@@H](O)[C@H](O)C2O)cc(O)c1O. The van der Waals surface area contributed by atoms with E-state index in [9.17, 15) is 56.2 Å². The van der Waals surface area contributed by atoms with Crippen molar-refractivity contribution >= 4 is 11.0 Å². The summed E-state index contributed by atoms with van der Waals surface area (Å²) in [5.74, 6) is -2.50. The summed E-state index contributed by atoms with van der Waals surface area (Å²) in [5, 5.41) is 112. The molecule has 0 bridgehead atoms. The highest BCUT2D eigenvalue weighted by Crippen LogP contribution is 2.45. The molecule has 2 aliphatic heterocycles. The van der Waals surface area contributed by atoms with Crippen molar-refractivity contribution in [2.45, 2.75) is 61.4 Å². The molecule has 5 rings (SSSR count). The maximum absolute atomic E-state index is 10.9. The van der Waals surface area contributed by atoms with Gasteiger partial charge in [0.1, 0.15) is 65.7 Å². The van der Waals surface area contributed by atoms with Gasteiger partial charge in [0.15, 0.2) is 11.5 Å². The molecule has 17 nitrogen and oxygen atoms in total. The van der Waals surface area contributed by atoms with Gasteiger partial charge in [-0.05, 0) is 0 Å². The molecule has 0 saturated carbocycles. The van der Waals surface area contributed by atoms with Gasteiger partial charge in [-0.15, -0.1) is 0 Å². The predicted octanol–water partition coefficient (Wildman–Crippen LogP) is -2.14. The van der Waals surface area contributed by atoms with E-state index in [2.05, 4.69) is 0 Å². The molecule has 3 aromatic rings. The first kappa shape index (κ1) is 32.6. The Morgan fingerprint density at radius 3 is 1.80 bits per heavy atom. The maximum Gasteiger partial charge on any atom is 0.402 e. The number of benzene rings is 2. The Morgan fingerprint density at radius 2 is 1.24 bits per heavy atom. The lowest BCUT2D eigenvalue weighted by molar-refractivity contribution is -0.277. The van der Waals surface area contributed by atoms with E-state index in [0.717, 1.165) is 12.1 Å². The standard InChI is InChI=1S/C28H32O17/c1-40-15-3-9(2-13(32)19(15)33)26-16(43-28-25(39)23(37)21(35)18(8-30)45-28)6-11-12(31)4-10(5-14(11)42-26)41-27-24(38)22(36)20(34)17(7-29)44-27/h2-6,17-18,20-25,27-30,34-39H,7-8H2,1H3,(H2-,31,32,33)/p+1/t17?,18?,20-,21-,22+,23+,24?,25?,27-,28-/m1/s1. The third-order valence-corrected chi connectivity index (χ3v) is 7.53. The quantitative estimate of drug-likeness (QED) is 0.0925. The topological polar surface area (TPSA) is 280 Å². The highest BCUT2D eigenvalue weighted by molar-refractivity contribution is 5.89. The molecule has 11 N–H and O–H groups in total. The van der Waals surface area contributed by atoms with Gasteiger partial charge in [-0.3, -0.25) is 0 Å². The summed E-state index contributed by atoms with van der Waals surface area (Å²) >= 11 is 0. The van der Waals surface area contributed by atoms with Crippen LogP contribution >= 0.6 is 0 Å². The number of aliphatic hydroxyl groups excluding tert-OH is 8. The van der Waals surface area contributed by atoms with Crippen molar-refractivity contribution in [3.63, 3.8) is 0 Å². The van der Waals surface area contributed by atoms with Gasteiger partial charge in [0.05, 0.1) is 32.0 Å². The van der Waals surface area contributed by atoms with Crippen LogP contribution in [0.3, 0.4) is 0 Å². The van der Waals surface area contributed by atoms with Crippen molar-refractivity contribution in [3.05, 3.63) is 30.3 Å². The summed E-state index contributed by atoms with van der Waals surface area (Å²) in [6.45, 7) is -1.44. The van der Waals surface area contributed by atoms with Crippen LogP contribution in [0.5, 0.6) is 34.5 Å². The minimum absolute atomic E-state index is 0.0190. The van der Waals surface area contributed by atoms with Crippen molar-refractivity contribution < 1.29 is 84.3 Å². The fourth-order valence-electron chi connectivity index (χ4n) is 5.00.